The van der Waals surface area contributed by atoms with Crippen molar-refractivity contribution >= 4 is 23.4 Å². The lowest BCUT2D eigenvalue weighted by Gasteiger charge is -2.40. The van der Waals surface area contributed by atoms with Gasteiger partial charge in [-0.25, -0.2) is 0 Å². The number of amides is 1. The summed E-state index contributed by atoms with van der Waals surface area (Å²) >= 11 is 1.70. The van der Waals surface area contributed by atoms with Crippen LogP contribution in [0.25, 0.3) is 0 Å². The molecule has 21 heavy (non-hydrogen) atoms. The van der Waals surface area contributed by atoms with Crippen LogP contribution in [-0.2, 0) is 10.2 Å². The number of carbonyl (C=O) groups is 1. The number of hydrogen-bond acceptors (Lipinski definition) is 2. The van der Waals surface area contributed by atoms with Gasteiger partial charge >= 0.3 is 0 Å². The third kappa shape index (κ3) is 2.70. The number of hydrogen-bond donors (Lipinski definition) is 1. The highest BCUT2D eigenvalue weighted by atomic mass is 32.2. The Bertz CT molecular complexity index is 617. The van der Waals surface area contributed by atoms with E-state index in [1.54, 1.807) is 11.8 Å². The van der Waals surface area contributed by atoms with Gasteiger partial charge in [-0.05, 0) is 48.9 Å². The molecule has 3 heteroatoms. The smallest absolute Gasteiger partial charge is 0.235 e. The molecular weight excluding hydrogens is 278 g/mol. The number of benzene rings is 2. The van der Waals surface area contributed by atoms with Gasteiger partial charge < -0.3 is 5.32 Å². The molecule has 0 atom stereocenters. The summed E-state index contributed by atoms with van der Waals surface area (Å²) in [6.45, 7) is 0. The minimum Gasteiger partial charge on any atom is -0.325 e. The van der Waals surface area contributed by atoms with Crippen molar-refractivity contribution < 1.29 is 4.79 Å². The molecule has 2 nitrogen and oxygen atoms in total. The Labute approximate surface area is 130 Å². The molecule has 1 amide bonds. The molecule has 0 radical (unpaired) electrons. The third-order valence-electron chi connectivity index (χ3n) is 4.32. The normalized spacial score (nSPS) is 16.0. The first-order valence-electron chi connectivity index (χ1n) is 7.26. The lowest BCUT2D eigenvalue weighted by molar-refractivity contribution is -0.124. The van der Waals surface area contributed by atoms with Crippen LogP contribution in [0.3, 0.4) is 0 Å². The number of anilines is 1. The molecule has 1 aliphatic rings. The minimum absolute atomic E-state index is 0.122. The molecule has 0 aliphatic heterocycles. The zero-order chi connectivity index (χ0) is 14.7. The topological polar surface area (TPSA) is 29.1 Å². The van der Waals surface area contributed by atoms with Crippen molar-refractivity contribution in [1.82, 2.24) is 0 Å². The van der Waals surface area contributed by atoms with Crippen LogP contribution in [0.15, 0.2) is 59.5 Å². The van der Waals surface area contributed by atoms with Gasteiger partial charge in [-0.3, -0.25) is 4.79 Å². The Balaban J connectivity index is 1.80. The Hall–Kier alpha value is -1.74. The Morgan fingerprint density at radius 2 is 1.71 bits per heavy atom. The molecule has 1 N–H and O–H groups in total. The highest BCUT2D eigenvalue weighted by molar-refractivity contribution is 7.98. The molecule has 0 heterocycles. The van der Waals surface area contributed by atoms with E-state index in [1.165, 1.54) is 4.90 Å². The van der Waals surface area contributed by atoms with Crippen LogP contribution in [0.1, 0.15) is 24.8 Å². The van der Waals surface area contributed by atoms with Crippen molar-refractivity contribution in [2.24, 2.45) is 0 Å². The minimum atomic E-state index is -0.334. The molecule has 0 spiro atoms. The zero-order valence-electron chi connectivity index (χ0n) is 12.1. The van der Waals surface area contributed by atoms with Gasteiger partial charge in [0.2, 0.25) is 5.91 Å². The van der Waals surface area contributed by atoms with Crippen LogP contribution in [0, 0.1) is 0 Å². The van der Waals surface area contributed by atoms with E-state index in [2.05, 4.69) is 17.4 Å². The summed E-state index contributed by atoms with van der Waals surface area (Å²) in [5, 5.41) is 3.09. The lowest BCUT2D eigenvalue weighted by atomic mass is 9.64. The van der Waals surface area contributed by atoms with Gasteiger partial charge in [-0.2, -0.15) is 0 Å². The lowest BCUT2D eigenvalue weighted by Crippen LogP contribution is -2.45. The van der Waals surface area contributed by atoms with Crippen molar-refractivity contribution in [2.45, 2.75) is 29.6 Å². The number of carbonyl (C=O) groups excluding carboxylic acids is 1. The number of thioether (sulfide) groups is 1. The average molecular weight is 297 g/mol. The van der Waals surface area contributed by atoms with Crippen LogP contribution in [0.5, 0.6) is 0 Å². The zero-order valence-corrected chi connectivity index (χ0v) is 13.0. The second-order valence-electron chi connectivity index (χ2n) is 5.48. The summed E-state index contributed by atoms with van der Waals surface area (Å²) in [5.41, 5.74) is 1.67. The van der Waals surface area contributed by atoms with Crippen molar-refractivity contribution in [3.63, 3.8) is 0 Å². The van der Waals surface area contributed by atoms with Gasteiger partial charge in [0.15, 0.2) is 0 Å². The summed E-state index contributed by atoms with van der Waals surface area (Å²) in [6, 6.07) is 18.2. The van der Waals surface area contributed by atoms with Gasteiger partial charge in [0.25, 0.3) is 0 Å². The second kappa shape index (κ2) is 5.94. The van der Waals surface area contributed by atoms with Gasteiger partial charge in [0, 0.05) is 10.6 Å². The van der Waals surface area contributed by atoms with Crippen LogP contribution in [0.4, 0.5) is 5.69 Å². The van der Waals surface area contributed by atoms with E-state index in [0.717, 1.165) is 30.5 Å². The van der Waals surface area contributed by atoms with E-state index in [-0.39, 0.29) is 11.3 Å². The van der Waals surface area contributed by atoms with Crippen molar-refractivity contribution in [3.05, 3.63) is 60.2 Å². The van der Waals surface area contributed by atoms with Gasteiger partial charge in [-0.1, -0.05) is 36.8 Å². The maximum absolute atomic E-state index is 12.8. The molecule has 2 aromatic carbocycles. The van der Waals surface area contributed by atoms with E-state index < -0.39 is 0 Å². The summed E-state index contributed by atoms with van der Waals surface area (Å²) in [7, 11) is 0. The maximum atomic E-state index is 12.8. The molecule has 0 saturated heterocycles. The Kier molecular flexibility index (Phi) is 4.02. The molecule has 3 rings (SSSR count). The van der Waals surface area contributed by atoms with Crippen LogP contribution >= 0.6 is 11.8 Å². The first-order chi connectivity index (χ1) is 10.2. The Morgan fingerprint density at radius 3 is 2.24 bits per heavy atom. The average Bonchev–Trinajstić information content (AvgIpc) is 2.48. The SMILES string of the molecule is CSc1ccc(NC(=O)C2(c3ccccc3)CCC2)cc1. The van der Waals surface area contributed by atoms with Gasteiger partial charge in [0.1, 0.15) is 0 Å². The predicted molar refractivity (Wildman–Crippen MR) is 88.8 cm³/mol. The summed E-state index contributed by atoms with van der Waals surface area (Å²) in [5.74, 6) is 0.122. The predicted octanol–water partition coefficient (Wildman–Crippen LogP) is 4.47. The summed E-state index contributed by atoms with van der Waals surface area (Å²) < 4.78 is 0. The van der Waals surface area contributed by atoms with E-state index in [4.69, 9.17) is 0 Å². The monoisotopic (exact) mass is 297 g/mol. The highest BCUT2D eigenvalue weighted by Crippen LogP contribution is 2.44. The van der Waals surface area contributed by atoms with Crippen molar-refractivity contribution in [1.29, 1.82) is 0 Å². The fraction of sp³-hybridized carbons (Fsp3) is 0.278. The van der Waals surface area contributed by atoms with Crippen LogP contribution < -0.4 is 5.32 Å². The Morgan fingerprint density at radius 1 is 1.05 bits per heavy atom. The summed E-state index contributed by atoms with van der Waals surface area (Å²) in [4.78, 5) is 14.0. The highest BCUT2D eigenvalue weighted by Gasteiger charge is 2.45. The molecule has 0 bridgehead atoms. The molecule has 0 unspecified atom stereocenters. The molecule has 1 fully saturated rings. The van der Waals surface area contributed by atoms with Crippen molar-refractivity contribution in [3.8, 4) is 0 Å². The van der Waals surface area contributed by atoms with Gasteiger partial charge in [-0.15, -0.1) is 11.8 Å². The molecule has 0 aromatic heterocycles. The molecule has 1 aliphatic carbocycles. The fourth-order valence-corrected chi connectivity index (χ4v) is 3.27. The maximum Gasteiger partial charge on any atom is 0.235 e. The molecule has 108 valence electrons. The van der Waals surface area contributed by atoms with E-state index >= 15 is 0 Å². The molecule has 2 aromatic rings. The fourth-order valence-electron chi connectivity index (χ4n) is 2.86. The second-order valence-corrected chi connectivity index (χ2v) is 6.36. The third-order valence-corrected chi connectivity index (χ3v) is 5.06. The first kappa shape index (κ1) is 14.2. The van der Waals surface area contributed by atoms with Gasteiger partial charge in [0.05, 0.1) is 5.41 Å². The van der Waals surface area contributed by atoms with Crippen molar-refractivity contribution in [2.75, 3.05) is 11.6 Å². The molecular formula is C18H19NOS. The van der Waals surface area contributed by atoms with E-state index in [0.29, 0.717) is 0 Å². The molecule has 1 saturated carbocycles. The quantitative estimate of drug-likeness (QED) is 0.844. The van der Waals surface area contributed by atoms with Crippen LogP contribution in [0.2, 0.25) is 0 Å². The van der Waals surface area contributed by atoms with E-state index in [1.807, 2.05) is 48.7 Å². The summed E-state index contributed by atoms with van der Waals surface area (Å²) in [6.07, 6.45) is 5.04. The van der Waals surface area contributed by atoms with E-state index in [9.17, 15) is 4.79 Å². The number of rotatable bonds is 4. The first-order valence-corrected chi connectivity index (χ1v) is 8.48. The standard InChI is InChI=1S/C18H19NOS/c1-21-16-10-8-15(9-11-16)19-17(20)18(12-5-13-18)14-6-3-2-4-7-14/h2-4,6-11H,5,12-13H2,1H3,(H,19,20). The number of nitrogens with one attached hydrogen (secondary N) is 1. The van der Waals surface area contributed by atoms with Crippen LogP contribution in [-0.4, -0.2) is 12.2 Å². The largest absolute Gasteiger partial charge is 0.325 e.